The van der Waals surface area contributed by atoms with E-state index in [2.05, 4.69) is 70.6 Å². The second-order valence-electron chi connectivity index (χ2n) is 22.9. The van der Waals surface area contributed by atoms with Gasteiger partial charge in [0, 0.05) is 41.0 Å². The molecule has 0 aliphatic carbocycles. The molecule has 23 N–H and O–H groups in total. The van der Waals surface area contributed by atoms with E-state index in [1.54, 1.807) is 13.0 Å². The highest BCUT2D eigenvalue weighted by Crippen LogP contribution is 2.32. The van der Waals surface area contributed by atoms with Crippen molar-refractivity contribution in [1.82, 2.24) is 39.9 Å². The Morgan fingerprint density at radius 2 is 0.702 bits per heavy atom. The number of primary amides is 8. The first kappa shape index (κ1) is 89.7. The van der Waals surface area contributed by atoms with Gasteiger partial charge in [0.15, 0.2) is 17.5 Å². The average molecular weight is 1600 g/mol. The smallest absolute Gasteiger partial charge is 0.478 e. The number of anilines is 4. The molecule has 39 nitrogen and oxygen atoms in total. The minimum atomic E-state index is -1.74. The number of carboxylic acids is 1. The number of amides is 8. The van der Waals surface area contributed by atoms with E-state index in [0.717, 1.165) is 44.6 Å². The summed E-state index contributed by atoms with van der Waals surface area (Å²) in [5, 5.41) is 37.2. The van der Waals surface area contributed by atoms with Crippen molar-refractivity contribution in [2.24, 2.45) is 45.9 Å². The van der Waals surface area contributed by atoms with E-state index >= 15 is 0 Å². The van der Waals surface area contributed by atoms with Crippen LogP contribution < -0.4 is 77.3 Å². The fourth-order valence-electron chi connectivity index (χ4n) is 8.51. The summed E-state index contributed by atoms with van der Waals surface area (Å²) >= 11 is 5.57. The molecule has 0 saturated carbocycles. The zero-order chi connectivity index (χ0) is 85.3. The van der Waals surface area contributed by atoms with Crippen molar-refractivity contribution in [3.05, 3.63) is 195 Å². The topological polar surface area (TPSA) is 662 Å². The highest BCUT2D eigenvalue weighted by atomic mass is 35.5. The van der Waals surface area contributed by atoms with Gasteiger partial charge < -0.3 is 101 Å². The van der Waals surface area contributed by atoms with Gasteiger partial charge in [-0.15, -0.1) is 0 Å². The van der Waals surface area contributed by atoms with Gasteiger partial charge in [-0.1, -0.05) is 6.07 Å². The molecule has 4 heterocycles. The Labute approximate surface area is 646 Å². The zero-order valence-corrected chi connectivity index (χ0v) is 61.1. The predicted molar refractivity (Wildman–Crippen MR) is 396 cm³/mol. The van der Waals surface area contributed by atoms with Crippen LogP contribution >= 0.6 is 11.6 Å². The van der Waals surface area contributed by atoms with Crippen LogP contribution in [0.4, 0.5) is 40.8 Å². The molecule has 114 heavy (non-hydrogen) atoms. The van der Waals surface area contributed by atoms with Crippen LogP contribution in [0.3, 0.4) is 0 Å². The lowest BCUT2D eigenvalue weighted by molar-refractivity contribution is -0.119. The second-order valence-corrected chi connectivity index (χ2v) is 23.2. The second kappa shape index (κ2) is 41.0. The lowest BCUT2D eigenvalue weighted by atomic mass is 9.79. The quantitative estimate of drug-likeness (QED) is 0.0121. The Kier molecular flexibility index (Phi) is 32.3. The Hall–Kier alpha value is -14.9. The standard InChI is InChI=1S/C22H20FN5O5.C16H16FN5O4.C15H14FN5O4.C8H8BFO4.C8H10ClN5O2/c1-11(19(24)29)26-18-10-16(20(25)30)27-21(28-18)12-3-8-17(15(9-12)22(31)32-2)33-14-6-4-13(23)5-7-14;1-7(13(18)23)20-12-6-11(14(19)24)21-15(22-12)8-3-4-10(17)9(5-8)16(25)26-2;1-6(12(17)22)19-11-5-10(13(18)23)20-14(21-11)7-2-3-9(16)8(4-7)15(24)25;1-14-8(11)6-4-5(9(12)13)2-3-7(6)10;1-3(6(10)15)12-5-2-4(7(11)16)13-8(9)14-5/h3-11H,1-2H3,(H2,24,29)(H2,25,30)(H,26,27,28);3-7H,1-2H3,(H2,18,23)(H2,19,24)(H,20,21,22);2-6H,1H3,(H2,17,22)(H2,18,23)(H,24,25)(H,19,20,21);2-4,12-13H,1H3;2-3H,1H3,(H2,10,15)(H2,11,16)(H,12,13,14)/t11-;7-;6-;;3-/m000.0/s1. The maximum Gasteiger partial charge on any atom is 0.488 e. The first-order valence-electron chi connectivity index (χ1n) is 32.0. The predicted octanol–water partition coefficient (Wildman–Crippen LogP) is 1.87. The summed E-state index contributed by atoms with van der Waals surface area (Å²) in [6, 6.07) is 21.6. The Balaban J connectivity index is 0.000000262. The number of halogens is 5. The minimum absolute atomic E-state index is 0.00868. The molecule has 0 spiro atoms. The molecule has 596 valence electrons. The number of methoxy groups -OCH3 is 3. The number of hydrogen-bond donors (Lipinski definition) is 15. The summed E-state index contributed by atoms with van der Waals surface area (Å²) in [5.41, 5.74) is 40.6. The average Bonchev–Trinajstić information content (AvgIpc) is 0.812. The van der Waals surface area contributed by atoms with Gasteiger partial charge in [-0.05, 0) is 136 Å². The summed E-state index contributed by atoms with van der Waals surface area (Å²) in [7, 11) is 1.70. The fraction of sp³-hybridized carbons (Fsp3) is 0.159. The zero-order valence-electron chi connectivity index (χ0n) is 60.4. The number of benzene rings is 5. The van der Waals surface area contributed by atoms with Crippen molar-refractivity contribution in [3.63, 3.8) is 0 Å². The first-order chi connectivity index (χ1) is 53.5. The lowest BCUT2D eigenvalue weighted by Crippen LogP contribution is -2.33. The third kappa shape index (κ3) is 26.1. The lowest BCUT2D eigenvalue weighted by Gasteiger charge is -2.14. The van der Waals surface area contributed by atoms with E-state index in [1.165, 1.54) is 113 Å². The van der Waals surface area contributed by atoms with Crippen molar-refractivity contribution in [3.8, 4) is 45.7 Å². The van der Waals surface area contributed by atoms with Gasteiger partial charge in [0.25, 0.3) is 23.6 Å². The van der Waals surface area contributed by atoms with Crippen molar-refractivity contribution in [2.75, 3.05) is 42.6 Å². The summed E-state index contributed by atoms with van der Waals surface area (Å²) in [4.78, 5) is 168. The number of carbonyl (C=O) groups is 12. The first-order valence-corrected chi connectivity index (χ1v) is 32.4. The Morgan fingerprint density at radius 3 is 1.04 bits per heavy atom. The van der Waals surface area contributed by atoms with Gasteiger partial charge in [-0.25, -0.2) is 76.6 Å². The number of nitrogens with one attached hydrogen (secondary N) is 4. The molecule has 0 bridgehead atoms. The molecule has 8 amide bonds. The van der Waals surface area contributed by atoms with Crippen LogP contribution in [0.5, 0.6) is 11.5 Å². The molecule has 0 fully saturated rings. The molecule has 4 atom stereocenters. The maximum absolute atomic E-state index is 13.8. The van der Waals surface area contributed by atoms with Gasteiger partial charge in [0.05, 0.1) is 38.0 Å². The number of hydrogen-bond acceptors (Lipinski definition) is 30. The van der Waals surface area contributed by atoms with Crippen LogP contribution in [-0.2, 0) is 33.4 Å². The molecular weight excluding hydrogens is 1540 g/mol. The number of aromatic carboxylic acids is 1. The largest absolute Gasteiger partial charge is 0.488 e. The molecule has 0 aliphatic rings. The number of aromatic nitrogens is 8. The Morgan fingerprint density at radius 1 is 0.395 bits per heavy atom. The van der Waals surface area contributed by atoms with Crippen LogP contribution in [0.25, 0.3) is 34.2 Å². The maximum atomic E-state index is 13.8. The van der Waals surface area contributed by atoms with Gasteiger partial charge >= 0.3 is 31.0 Å². The van der Waals surface area contributed by atoms with E-state index in [-0.39, 0.29) is 108 Å². The highest BCUT2D eigenvalue weighted by molar-refractivity contribution is 6.58. The molecule has 0 saturated heterocycles. The summed E-state index contributed by atoms with van der Waals surface area (Å²) in [6.07, 6.45) is 0. The van der Waals surface area contributed by atoms with Crippen molar-refractivity contribution in [2.45, 2.75) is 51.9 Å². The van der Waals surface area contributed by atoms with E-state index in [9.17, 15) is 75.1 Å². The molecule has 4 aromatic heterocycles. The van der Waals surface area contributed by atoms with Crippen molar-refractivity contribution in [1.29, 1.82) is 0 Å². The van der Waals surface area contributed by atoms with Crippen LogP contribution in [0.15, 0.2) is 121 Å². The van der Waals surface area contributed by atoms with E-state index < -0.39 is 131 Å². The monoisotopic (exact) mass is 1600 g/mol. The SMILES string of the molecule is COC(=O)c1cc(-c2nc(N[C@@H](C)C(N)=O)cc(C(N)=O)n2)ccc1F.COC(=O)c1cc(-c2nc(N[C@@H](C)C(N)=O)cc(C(N)=O)n2)ccc1Oc1ccc(F)cc1.COC(=O)c1cc(B(O)O)ccc1F.C[C@H](Nc1cc(C(N)=O)nc(-c2ccc(F)c(C(=O)O)c2)n1)C(N)=O.C[C@H](Nc1cc(C(N)=O)nc(Cl)n1)C(N)=O. The minimum Gasteiger partial charge on any atom is -0.478 e. The molecule has 0 aliphatic heterocycles. The number of carbonyl (C=O) groups excluding carboxylic acids is 11. The van der Waals surface area contributed by atoms with Gasteiger partial charge in [-0.2, -0.15) is 0 Å². The van der Waals surface area contributed by atoms with Crippen LogP contribution in [-0.4, -0.2) is 179 Å². The summed E-state index contributed by atoms with van der Waals surface area (Å²) < 4.78 is 72.8. The van der Waals surface area contributed by atoms with Crippen LogP contribution in [0.1, 0.15) is 111 Å². The highest BCUT2D eigenvalue weighted by Gasteiger charge is 2.24. The van der Waals surface area contributed by atoms with Crippen LogP contribution in [0, 0.1) is 23.3 Å². The molecular formula is C69H68BClF4N20O19. The number of ether oxygens (including phenoxy) is 4. The number of esters is 3. The van der Waals surface area contributed by atoms with Gasteiger partial charge in [0.1, 0.15) is 111 Å². The van der Waals surface area contributed by atoms with E-state index in [0.29, 0.717) is 11.3 Å². The molecule has 0 radical (unpaired) electrons. The molecule has 5 aromatic carbocycles. The normalized spacial score (nSPS) is 11.3. The molecule has 9 rings (SSSR count). The molecule has 45 heteroatoms. The van der Waals surface area contributed by atoms with E-state index in [1.807, 2.05) is 0 Å². The molecule has 0 unspecified atom stereocenters. The third-order valence-electron chi connectivity index (χ3n) is 14.5. The fourth-order valence-corrected chi connectivity index (χ4v) is 8.69. The Bertz CT molecular complexity index is 5180. The number of carboxylic acid groups (broad SMARTS) is 1. The third-order valence-corrected chi connectivity index (χ3v) is 14.7. The van der Waals surface area contributed by atoms with Gasteiger partial charge in [-0.3, -0.25) is 38.4 Å². The van der Waals surface area contributed by atoms with Gasteiger partial charge in [0.2, 0.25) is 28.9 Å². The number of nitrogens with zero attached hydrogens (tertiary/aromatic N) is 8. The van der Waals surface area contributed by atoms with E-state index in [4.69, 9.17) is 82.1 Å². The number of nitrogens with two attached hydrogens (primary N) is 8. The molecule has 9 aromatic rings. The summed E-state index contributed by atoms with van der Waals surface area (Å²) in [6.45, 7) is 6.04. The summed E-state index contributed by atoms with van der Waals surface area (Å²) in [5.74, 6) is -11.6. The number of rotatable bonds is 26. The van der Waals surface area contributed by atoms with Crippen LogP contribution in [0.2, 0.25) is 5.28 Å². The van der Waals surface area contributed by atoms with Crippen molar-refractivity contribution >= 4 is 119 Å². The van der Waals surface area contributed by atoms with Crippen molar-refractivity contribution < 1.29 is 109 Å².